The molecule has 0 unspecified atom stereocenters. The highest BCUT2D eigenvalue weighted by atomic mass is 16.5. The van der Waals surface area contributed by atoms with E-state index in [2.05, 4.69) is 9.97 Å². The summed E-state index contributed by atoms with van der Waals surface area (Å²) in [7, 11) is 1.56. The maximum Gasteiger partial charge on any atom is 0.354 e. The predicted molar refractivity (Wildman–Crippen MR) is 65.7 cm³/mol. The van der Waals surface area contributed by atoms with Crippen molar-refractivity contribution >= 4 is 5.97 Å². The van der Waals surface area contributed by atoms with Crippen LogP contribution in [0.4, 0.5) is 0 Å². The average molecular weight is 244 g/mol. The van der Waals surface area contributed by atoms with Crippen molar-refractivity contribution in [2.45, 2.75) is 6.92 Å². The zero-order chi connectivity index (χ0) is 13.1. The molecule has 0 amide bonds. The molecule has 5 heteroatoms. The predicted octanol–water partition coefficient (Wildman–Crippen LogP) is 2.16. The van der Waals surface area contributed by atoms with Crippen LogP contribution in [0.5, 0.6) is 5.75 Å². The summed E-state index contributed by atoms with van der Waals surface area (Å²) < 4.78 is 5.09. The number of aryl methyl sites for hydroxylation is 1. The fourth-order valence-corrected chi connectivity index (χ4v) is 1.63. The second kappa shape index (κ2) is 4.83. The Morgan fingerprint density at radius 3 is 2.67 bits per heavy atom. The van der Waals surface area contributed by atoms with Crippen LogP contribution in [0, 0.1) is 6.92 Å². The van der Waals surface area contributed by atoms with E-state index in [0.29, 0.717) is 11.4 Å². The van der Waals surface area contributed by atoms with Gasteiger partial charge in [0.1, 0.15) is 11.4 Å². The number of carbonyl (C=O) groups is 1. The van der Waals surface area contributed by atoms with Gasteiger partial charge >= 0.3 is 5.97 Å². The van der Waals surface area contributed by atoms with Crippen molar-refractivity contribution in [3.8, 4) is 16.9 Å². The topological polar surface area (TPSA) is 72.3 Å². The lowest BCUT2D eigenvalue weighted by Gasteiger charge is -2.06. The molecule has 18 heavy (non-hydrogen) atoms. The molecule has 0 aliphatic heterocycles. The highest BCUT2D eigenvalue weighted by molar-refractivity contribution is 5.87. The normalized spacial score (nSPS) is 10.1. The van der Waals surface area contributed by atoms with Gasteiger partial charge in [-0.1, -0.05) is 0 Å². The molecule has 0 aliphatic rings. The summed E-state index contributed by atoms with van der Waals surface area (Å²) >= 11 is 0. The number of ether oxygens (including phenoxy) is 1. The van der Waals surface area contributed by atoms with Gasteiger partial charge in [0, 0.05) is 17.5 Å². The summed E-state index contributed by atoms with van der Waals surface area (Å²) in [4.78, 5) is 19.0. The quantitative estimate of drug-likeness (QED) is 0.895. The smallest absolute Gasteiger partial charge is 0.354 e. The zero-order valence-corrected chi connectivity index (χ0v) is 10.0. The highest BCUT2D eigenvalue weighted by Crippen LogP contribution is 2.23. The van der Waals surface area contributed by atoms with Crippen LogP contribution in [0.15, 0.2) is 30.6 Å². The third-order valence-corrected chi connectivity index (χ3v) is 2.45. The molecule has 0 atom stereocenters. The molecule has 0 fully saturated rings. The van der Waals surface area contributed by atoms with Gasteiger partial charge in [-0.2, -0.15) is 0 Å². The Kier molecular flexibility index (Phi) is 3.23. The third kappa shape index (κ3) is 2.45. The SMILES string of the molecule is COc1cncc(-c2cc(C)nc(C(=O)O)c2)c1. The molecule has 2 aromatic rings. The first-order valence-corrected chi connectivity index (χ1v) is 5.31. The monoisotopic (exact) mass is 244 g/mol. The summed E-state index contributed by atoms with van der Waals surface area (Å²) in [5.41, 5.74) is 2.22. The molecule has 0 saturated carbocycles. The molecule has 2 aromatic heterocycles. The Balaban J connectivity index is 2.52. The molecule has 92 valence electrons. The number of nitrogens with zero attached hydrogens (tertiary/aromatic N) is 2. The van der Waals surface area contributed by atoms with Gasteiger partial charge in [-0.15, -0.1) is 0 Å². The molecule has 0 saturated heterocycles. The standard InChI is InChI=1S/C13H12N2O3/c1-8-3-9(5-12(15-8)13(16)17)10-4-11(18-2)7-14-6-10/h3-7H,1-2H3,(H,16,17). The van der Waals surface area contributed by atoms with Gasteiger partial charge in [-0.25, -0.2) is 9.78 Å². The molecule has 0 radical (unpaired) electrons. The largest absolute Gasteiger partial charge is 0.495 e. The van der Waals surface area contributed by atoms with E-state index in [1.165, 1.54) is 6.07 Å². The molecule has 1 N–H and O–H groups in total. The first kappa shape index (κ1) is 12.0. The van der Waals surface area contributed by atoms with E-state index >= 15 is 0 Å². The van der Waals surface area contributed by atoms with E-state index < -0.39 is 5.97 Å². The third-order valence-electron chi connectivity index (χ3n) is 2.45. The number of pyridine rings is 2. The van der Waals surface area contributed by atoms with Gasteiger partial charge in [0.2, 0.25) is 0 Å². The van der Waals surface area contributed by atoms with Crippen LogP contribution < -0.4 is 4.74 Å². The lowest BCUT2D eigenvalue weighted by atomic mass is 10.1. The average Bonchev–Trinajstić information content (AvgIpc) is 2.38. The van der Waals surface area contributed by atoms with Crippen LogP contribution >= 0.6 is 0 Å². The number of hydrogen-bond donors (Lipinski definition) is 1. The maximum absolute atomic E-state index is 11.0. The number of aromatic nitrogens is 2. The lowest BCUT2D eigenvalue weighted by Crippen LogP contribution is -2.02. The zero-order valence-electron chi connectivity index (χ0n) is 10.0. The molecule has 0 aromatic carbocycles. The van der Waals surface area contributed by atoms with E-state index in [1.54, 1.807) is 32.5 Å². The molecule has 0 aliphatic carbocycles. The molecule has 2 heterocycles. The summed E-state index contributed by atoms with van der Waals surface area (Å²) in [5.74, 6) is -0.422. The molecular formula is C13H12N2O3. The van der Waals surface area contributed by atoms with Crippen LogP contribution in [-0.2, 0) is 0 Å². The van der Waals surface area contributed by atoms with E-state index in [-0.39, 0.29) is 5.69 Å². The van der Waals surface area contributed by atoms with Crippen molar-refractivity contribution in [3.63, 3.8) is 0 Å². The van der Waals surface area contributed by atoms with Crippen LogP contribution in [0.2, 0.25) is 0 Å². The first-order chi connectivity index (χ1) is 8.60. The molecule has 5 nitrogen and oxygen atoms in total. The molecule has 2 rings (SSSR count). The second-order valence-electron chi connectivity index (χ2n) is 3.80. The van der Waals surface area contributed by atoms with Gasteiger partial charge in [-0.3, -0.25) is 4.98 Å². The van der Waals surface area contributed by atoms with Crippen molar-refractivity contribution in [3.05, 3.63) is 42.0 Å². The van der Waals surface area contributed by atoms with Crippen LogP contribution in [0.3, 0.4) is 0 Å². The summed E-state index contributed by atoms with van der Waals surface area (Å²) in [6.45, 7) is 1.75. The van der Waals surface area contributed by atoms with Crippen molar-refractivity contribution < 1.29 is 14.6 Å². The minimum atomic E-state index is -1.05. The number of carboxylic acids is 1. The Morgan fingerprint density at radius 1 is 1.22 bits per heavy atom. The maximum atomic E-state index is 11.0. The van der Waals surface area contributed by atoms with E-state index in [0.717, 1.165) is 11.1 Å². The van der Waals surface area contributed by atoms with Crippen molar-refractivity contribution in [2.24, 2.45) is 0 Å². The summed E-state index contributed by atoms with van der Waals surface area (Å²) in [5, 5.41) is 8.98. The van der Waals surface area contributed by atoms with Crippen LogP contribution in [0.25, 0.3) is 11.1 Å². The van der Waals surface area contributed by atoms with Crippen molar-refractivity contribution in [1.82, 2.24) is 9.97 Å². The van der Waals surface area contributed by atoms with Gasteiger partial charge in [0.25, 0.3) is 0 Å². The fraction of sp³-hybridized carbons (Fsp3) is 0.154. The van der Waals surface area contributed by atoms with Gasteiger partial charge < -0.3 is 9.84 Å². The minimum Gasteiger partial charge on any atom is -0.495 e. The minimum absolute atomic E-state index is 0.0211. The Morgan fingerprint density at radius 2 is 2.00 bits per heavy atom. The molecule has 0 bridgehead atoms. The van der Waals surface area contributed by atoms with Gasteiger partial charge in [0.15, 0.2) is 0 Å². The van der Waals surface area contributed by atoms with Gasteiger partial charge in [-0.05, 0) is 30.7 Å². The van der Waals surface area contributed by atoms with Crippen molar-refractivity contribution in [1.29, 1.82) is 0 Å². The number of rotatable bonds is 3. The number of hydrogen-bond acceptors (Lipinski definition) is 4. The Bertz CT molecular complexity index is 597. The number of carboxylic acid groups (broad SMARTS) is 1. The molecular weight excluding hydrogens is 232 g/mol. The Labute approximate surface area is 104 Å². The second-order valence-corrected chi connectivity index (χ2v) is 3.80. The van der Waals surface area contributed by atoms with Crippen LogP contribution in [-0.4, -0.2) is 28.2 Å². The summed E-state index contributed by atoms with van der Waals surface area (Å²) in [6, 6.07) is 5.13. The summed E-state index contributed by atoms with van der Waals surface area (Å²) in [6.07, 6.45) is 3.25. The van der Waals surface area contributed by atoms with E-state index in [9.17, 15) is 4.79 Å². The highest BCUT2D eigenvalue weighted by Gasteiger charge is 2.09. The number of aromatic carboxylic acids is 1. The van der Waals surface area contributed by atoms with E-state index in [4.69, 9.17) is 9.84 Å². The van der Waals surface area contributed by atoms with Gasteiger partial charge in [0.05, 0.1) is 13.3 Å². The lowest BCUT2D eigenvalue weighted by molar-refractivity contribution is 0.0690. The van der Waals surface area contributed by atoms with E-state index in [1.807, 2.05) is 6.07 Å². The number of methoxy groups -OCH3 is 1. The fourth-order valence-electron chi connectivity index (χ4n) is 1.63. The van der Waals surface area contributed by atoms with Crippen LogP contribution in [0.1, 0.15) is 16.2 Å². The van der Waals surface area contributed by atoms with Crippen molar-refractivity contribution in [2.75, 3.05) is 7.11 Å². The Hall–Kier alpha value is -2.43. The first-order valence-electron chi connectivity index (χ1n) is 5.31. The molecule has 0 spiro atoms.